The second kappa shape index (κ2) is 11.4. The molecule has 2 atom stereocenters. The molecule has 200 valence electrons. The lowest BCUT2D eigenvalue weighted by molar-refractivity contribution is 0.00194. The molecule has 6 nitrogen and oxygen atoms in total. The summed E-state index contributed by atoms with van der Waals surface area (Å²) >= 11 is 12.2. The van der Waals surface area contributed by atoms with Gasteiger partial charge < -0.3 is 19.8 Å². The van der Waals surface area contributed by atoms with Crippen LogP contribution < -0.4 is 0 Å². The third-order valence-corrected chi connectivity index (χ3v) is 7.20. The van der Waals surface area contributed by atoms with Gasteiger partial charge in [0, 0.05) is 11.1 Å². The fourth-order valence-corrected chi connectivity index (χ4v) is 5.11. The number of carboxylic acid groups (broad SMARTS) is 1. The van der Waals surface area contributed by atoms with E-state index in [1.165, 1.54) is 11.6 Å². The molecule has 0 heterocycles. The van der Waals surface area contributed by atoms with Crippen LogP contribution in [0.2, 0.25) is 10.0 Å². The molecule has 0 aliphatic heterocycles. The first-order chi connectivity index (χ1) is 17.9. The third kappa shape index (κ3) is 6.68. The van der Waals surface area contributed by atoms with Crippen LogP contribution >= 0.6 is 23.2 Å². The zero-order chi connectivity index (χ0) is 27.6. The van der Waals surface area contributed by atoms with E-state index in [0.29, 0.717) is 17.0 Å². The van der Waals surface area contributed by atoms with Gasteiger partial charge >= 0.3 is 12.1 Å². The first-order valence-corrected chi connectivity index (χ1v) is 13.2. The number of benzene rings is 3. The smallest absolute Gasteiger partial charge is 0.410 e. The molecule has 1 amide bonds. The molecular weight excluding hydrogens is 525 g/mol. The van der Waals surface area contributed by atoms with Gasteiger partial charge in [-0.1, -0.05) is 59.6 Å². The highest BCUT2D eigenvalue weighted by Crippen LogP contribution is 2.32. The molecule has 8 heteroatoms. The summed E-state index contributed by atoms with van der Waals surface area (Å²) in [5.74, 6) is -1.07. The summed E-state index contributed by atoms with van der Waals surface area (Å²) in [5.41, 5.74) is 4.05. The van der Waals surface area contributed by atoms with Gasteiger partial charge in [0.05, 0.1) is 23.2 Å². The summed E-state index contributed by atoms with van der Waals surface area (Å²) < 4.78 is 5.73. The third-order valence-electron chi connectivity index (χ3n) is 6.63. The molecule has 0 bridgehead atoms. The Balaban J connectivity index is 1.60. The van der Waals surface area contributed by atoms with Crippen LogP contribution in [0.15, 0.2) is 60.7 Å². The van der Waals surface area contributed by atoms with Crippen molar-refractivity contribution in [3.63, 3.8) is 0 Å². The Hall–Kier alpha value is -3.06. The number of ether oxygens (including phenoxy) is 1. The van der Waals surface area contributed by atoms with Crippen molar-refractivity contribution in [3.8, 4) is 11.1 Å². The van der Waals surface area contributed by atoms with Crippen molar-refractivity contribution in [1.29, 1.82) is 0 Å². The van der Waals surface area contributed by atoms with Crippen LogP contribution in [0.1, 0.15) is 60.3 Å². The second-order valence-electron chi connectivity index (χ2n) is 10.6. The number of hydrogen-bond donors (Lipinski definition) is 2. The first-order valence-electron chi connectivity index (χ1n) is 12.5. The predicted octanol–water partition coefficient (Wildman–Crippen LogP) is 7.19. The SMILES string of the molecule is CC(C)(C)OC(=O)N(C[C@H](O)c1ccc(Cl)cc1)[C@H]1CCc2ccc(-c3ccc(C(=O)O)c(Cl)c3)cc2C1. The van der Waals surface area contributed by atoms with Gasteiger partial charge in [-0.25, -0.2) is 9.59 Å². The van der Waals surface area contributed by atoms with Crippen LogP contribution in [-0.4, -0.2) is 45.4 Å². The minimum atomic E-state index is -1.07. The molecule has 0 spiro atoms. The molecule has 3 aromatic carbocycles. The number of aromatic carboxylic acids is 1. The molecular formula is C30H31Cl2NO5. The van der Waals surface area contributed by atoms with E-state index in [1.54, 1.807) is 41.3 Å². The molecule has 38 heavy (non-hydrogen) atoms. The summed E-state index contributed by atoms with van der Waals surface area (Å²) in [6.45, 7) is 5.55. The maximum atomic E-state index is 13.3. The summed E-state index contributed by atoms with van der Waals surface area (Å²) in [5, 5.41) is 21.0. The summed E-state index contributed by atoms with van der Waals surface area (Å²) in [6.07, 6.45) is 0.734. The summed E-state index contributed by atoms with van der Waals surface area (Å²) in [4.78, 5) is 26.3. The monoisotopic (exact) mass is 555 g/mol. The highest BCUT2D eigenvalue weighted by molar-refractivity contribution is 6.33. The van der Waals surface area contributed by atoms with Gasteiger partial charge in [-0.05, 0) is 92.1 Å². The lowest BCUT2D eigenvalue weighted by Crippen LogP contribution is -2.47. The number of rotatable bonds is 6. The molecule has 1 aliphatic carbocycles. The first kappa shape index (κ1) is 28.0. The summed E-state index contributed by atoms with van der Waals surface area (Å²) in [7, 11) is 0. The zero-order valence-electron chi connectivity index (χ0n) is 21.6. The van der Waals surface area contributed by atoms with Crippen molar-refractivity contribution in [3.05, 3.63) is 93.0 Å². The van der Waals surface area contributed by atoms with Gasteiger partial charge in [0.1, 0.15) is 5.60 Å². The van der Waals surface area contributed by atoms with Crippen molar-refractivity contribution in [2.45, 2.75) is 57.8 Å². The molecule has 4 rings (SSSR count). The molecule has 0 fully saturated rings. The number of aryl methyl sites for hydroxylation is 1. The lowest BCUT2D eigenvalue weighted by atomic mass is 9.85. The number of carbonyl (C=O) groups is 2. The number of fused-ring (bicyclic) bond motifs is 1. The number of carboxylic acids is 1. The van der Waals surface area contributed by atoms with E-state index >= 15 is 0 Å². The maximum absolute atomic E-state index is 13.3. The standard InChI is InChI=1S/C30H31Cl2NO5/c1-30(2,3)38-29(37)33(17-27(34)19-6-10-23(31)11-7-19)24-12-8-18-4-5-20(14-22(18)15-24)21-9-13-25(28(35)36)26(32)16-21/h4-7,9-11,13-14,16,24,27,34H,8,12,15,17H2,1-3H3,(H,35,36)/t24-,27-/m0/s1. The van der Waals surface area contributed by atoms with E-state index in [4.69, 9.17) is 27.9 Å². The number of hydrogen-bond acceptors (Lipinski definition) is 4. The van der Waals surface area contributed by atoms with Gasteiger partial charge in [0.2, 0.25) is 0 Å². The number of aliphatic hydroxyl groups is 1. The van der Waals surface area contributed by atoms with E-state index in [9.17, 15) is 19.8 Å². The van der Waals surface area contributed by atoms with E-state index in [-0.39, 0.29) is 23.2 Å². The van der Waals surface area contributed by atoms with Crippen molar-refractivity contribution in [1.82, 2.24) is 4.90 Å². The van der Waals surface area contributed by atoms with Crippen LogP contribution in [0.3, 0.4) is 0 Å². The van der Waals surface area contributed by atoms with Crippen LogP contribution in [0.4, 0.5) is 4.79 Å². The quantitative estimate of drug-likeness (QED) is 0.336. The molecule has 1 aliphatic rings. The average Bonchev–Trinajstić information content (AvgIpc) is 2.85. The normalized spacial score (nSPS) is 15.9. The molecule has 0 saturated carbocycles. The van der Waals surface area contributed by atoms with Gasteiger partial charge in [0.25, 0.3) is 0 Å². The number of halogens is 2. The minimum absolute atomic E-state index is 0.0562. The second-order valence-corrected chi connectivity index (χ2v) is 11.4. The fourth-order valence-electron chi connectivity index (χ4n) is 4.72. The van der Waals surface area contributed by atoms with E-state index in [2.05, 4.69) is 12.1 Å². The van der Waals surface area contributed by atoms with Crippen molar-refractivity contribution >= 4 is 35.3 Å². The molecule has 0 radical (unpaired) electrons. The van der Waals surface area contributed by atoms with Gasteiger partial charge in [-0.2, -0.15) is 0 Å². The minimum Gasteiger partial charge on any atom is -0.478 e. The van der Waals surface area contributed by atoms with Crippen LogP contribution in [0, 0.1) is 0 Å². The van der Waals surface area contributed by atoms with Crippen LogP contribution in [0.5, 0.6) is 0 Å². The molecule has 3 aromatic rings. The predicted molar refractivity (Wildman–Crippen MR) is 149 cm³/mol. The largest absolute Gasteiger partial charge is 0.478 e. The van der Waals surface area contributed by atoms with Gasteiger partial charge in [-0.15, -0.1) is 0 Å². The Morgan fingerprint density at radius 2 is 1.66 bits per heavy atom. The van der Waals surface area contributed by atoms with Crippen LogP contribution in [-0.2, 0) is 17.6 Å². The number of aliphatic hydroxyl groups excluding tert-OH is 1. The molecule has 2 N–H and O–H groups in total. The van der Waals surface area contributed by atoms with Crippen molar-refractivity contribution in [2.24, 2.45) is 0 Å². The number of amides is 1. The zero-order valence-corrected chi connectivity index (χ0v) is 23.1. The highest BCUT2D eigenvalue weighted by atomic mass is 35.5. The van der Waals surface area contributed by atoms with Crippen molar-refractivity contribution in [2.75, 3.05) is 6.54 Å². The molecule has 0 saturated heterocycles. The Kier molecular flexibility index (Phi) is 8.36. The van der Waals surface area contributed by atoms with E-state index in [1.807, 2.05) is 26.8 Å². The van der Waals surface area contributed by atoms with Crippen molar-refractivity contribution < 1.29 is 24.5 Å². The lowest BCUT2D eigenvalue weighted by Gasteiger charge is -2.37. The van der Waals surface area contributed by atoms with Crippen LogP contribution in [0.25, 0.3) is 11.1 Å². The van der Waals surface area contributed by atoms with Gasteiger partial charge in [0.15, 0.2) is 0 Å². The number of carbonyl (C=O) groups excluding carboxylic acids is 1. The highest BCUT2D eigenvalue weighted by Gasteiger charge is 2.33. The van der Waals surface area contributed by atoms with E-state index < -0.39 is 23.8 Å². The average molecular weight is 556 g/mol. The topological polar surface area (TPSA) is 87.1 Å². The number of nitrogens with zero attached hydrogens (tertiary/aromatic N) is 1. The summed E-state index contributed by atoms with van der Waals surface area (Å²) in [6, 6.07) is 17.8. The Morgan fingerprint density at radius 3 is 2.29 bits per heavy atom. The Morgan fingerprint density at radius 1 is 1.00 bits per heavy atom. The Labute approximate surface area is 232 Å². The molecule has 0 unspecified atom stereocenters. The maximum Gasteiger partial charge on any atom is 0.410 e. The van der Waals surface area contributed by atoms with Gasteiger partial charge in [-0.3, -0.25) is 0 Å². The van der Waals surface area contributed by atoms with E-state index in [0.717, 1.165) is 29.5 Å². The fraction of sp³-hybridized carbons (Fsp3) is 0.333. The Bertz CT molecular complexity index is 1330. The molecule has 0 aromatic heterocycles.